The van der Waals surface area contributed by atoms with Crippen LogP contribution in [0.5, 0.6) is 0 Å². The lowest BCUT2D eigenvalue weighted by atomic mass is 10.2. The van der Waals surface area contributed by atoms with E-state index in [9.17, 15) is 22.8 Å². The van der Waals surface area contributed by atoms with E-state index in [1.54, 1.807) is 6.92 Å². The van der Waals surface area contributed by atoms with E-state index in [1.165, 1.54) is 6.92 Å². The number of ether oxygens (including phenoxy) is 1. The number of rotatable bonds is 6. The maximum absolute atomic E-state index is 12.7. The highest BCUT2D eigenvalue weighted by atomic mass is 35.5. The summed E-state index contributed by atoms with van der Waals surface area (Å²) in [6, 6.07) is 2.38. The maximum atomic E-state index is 12.7. The second-order valence-electron chi connectivity index (χ2n) is 4.85. The van der Waals surface area contributed by atoms with Crippen LogP contribution in [0.2, 0.25) is 5.02 Å². The van der Waals surface area contributed by atoms with E-state index < -0.39 is 29.4 Å². The first-order valence-electron chi connectivity index (χ1n) is 7.28. The predicted octanol–water partition coefficient (Wildman–Crippen LogP) is 4.18. The number of anilines is 1. The fraction of sp³-hybridized carbons (Fsp3) is 0.333. The van der Waals surface area contributed by atoms with Gasteiger partial charge in [0, 0.05) is 18.7 Å². The van der Waals surface area contributed by atoms with Crippen molar-refractivity contribution in [2.24, 2.45) is 10.3 Å². The van der Waals surface area contributed by atoms with Crippen molar-refractivity contribution in [3.05, 3.63) is 28.8 Å². The molecule has 0 radical (unpaired) electrons. The molecule has 0 fully saturated rings. The Kier molecular flexibility index (Phi) is 8.04. The molecule has 0 heterocycles. The van der Waals surface area contributed by atoms with E-state index >= 15 is 0 Å². The summed E-state index contributed by atoms with van der Waals surface area (Å²) in [6.07, 6.45) is -4.59. The monoisotopic (exact) mass is 427 g/mol. The number of hydrazone groups is 1. The predicted molar refractivity (Wildman–Crippen MR) is 93.7 cm³/mol. The van der Waals surface area contributed by atoms with Gasteiger partial charge in [0.1, 0.15) is 5.71 Å². The minimum atomic E-state index is -4.59. The molecule has 12 heteroatoms. The van der Waals surface area contributed by atoms with Crippen molar-refractivity contribution in [1.29, 1.82) is 0 Å². The number of hydrogen-bond donors (Lipinski definition) is 0. The van der Waals surface area contributed by atoms with Gasteiger partial charge in [0.2, 0.25) is 0 Å². The third-order valence-corrected chi connectivity index (χ3v) is 3.34. The number of alkyl halides is 3. The lowest BCUT2D eigenvalue weighted by Crippen LogP contribution is -2.27. The van der Waals surface area contributed by atoms with Crippen molar-refractivity contribution in [3.63, 3.8) is 0 Å². The Hall–Kier alpha value is -2.33. The molecular formula is C15H14Cl2F3N3O4. The van der Waals surface area contributed by atoms with E-state index in [2.05, 4.69) is 15.1 Å². The number of oxime groups is 1. The van der Waals surface area contributed by atoms with Crippen LogP contribution in [0.15, 0.2) is 28.5 Å². The van der Waals surface area contributed by atoms with Crippen molar-refractivity contribution < 1.29 is 32.3 Å². The summed E-state index contributed by atoms with van der Waals surface area (Å²) in [6.45, 7) is 3.92. The quantitative estimate of drug-likeness (QED) is 0.223. The molecule has 0 unspecified atom stereocenters. The van der Waals surface area contributed by atoms with Gasteiger partial charge in [-0.2, -0.15) is 17.7 Å². The zero-order chi connectivity index (χ0) is 20.8. The van der Waals surface area contributed by atoms with Crippen LogP contribution >= 0.6 is 23.4 Å². The first kappa shape index (κ1) is 22.7. The molecular weight excluding hydrogens is 414 g/mol. The van der Waals surface area contributed by atoms with Crippen LogP contribution in [0, 0.1) is 0 Å². The van der Waals surface area contributed by atoms with Crippen LogP contribution < -0.4 is 4.53 Å². The molecule has 148 valence electrons. The second kappa shape index (κ2) is 9.56. The van der Waals surface area contributed by atoms with Gasteiger partial charge in [0.15, 0.2) is 5.71 Å². The number of carbonyl (C=O) groups excluding carboxylic acids is 2. The van der Waals surface area contributed by atoms with Gasteiger partial charge in [-0.1, -0.05) is 16.8 Å². The fourth-order valence-corrected chi connectivity index (χ4v) is 2.14. The molecule has 1 aromatic carbocycles. The highest BCUT2D eigenvalue weighted by Crippen LogP contribution is 2.35. The number of hydrogen-bond acceptors (Lipinski definition) is 7. The molecule has 1 rings (SSSR count). The smallest absolute Gasteiger partial charge is 0.416 e. The molecule has 0 amide bonds. The Morgan fingerprint density at radius 1 is 1.26 bits per heavy atom. The summed E-state index contributed by atoms with van der Waals surface area (Å²) in [7, 11) is 0. The average molecular weight is 428 g/mol. The summed E-state index contributed by atoms with van der Waals surface area (Å²) in [5.74, 6) is -1.69. The highest BCUT2D eigenvalue weighted by Gasteiger charge is 2.31. The van der Waals surface area contributed by atoms with Gasteiger partial charge < -0.3 is 9.57 Å². The Morgan fingerprint density at radius 3 is 2.37 bits per heavy atom. The summed E-state index contributed by atoms with van der Waals surface area (Å²) in [4.78, 5) is 27.3. The second-order valence-corrected chi connectivity index (χ2v) is 5.58. The van der Waals surface area contributed by atoms with Gasteiger partial charge in [-0.3, -0.25) is 0 Å². The molecule has 0 spiro atoms. The Balaban J connectivity index is 3.28. The molecule has 7 nitrogen and oxygen atoms in total. The molecule has 0 N–H and O–H groups in total. The van der Waals surface area contributed by atoms with Crippen LogP contribution in [-0.4, -0.2) is 30.0 Å². The van der Waals surface area contributed by atoms with Crippen molar-refractivity contribution in [2.75, 3.05) is 11.1 Å². The first-order chi connectivity index (χ1) is 12.5. The Bertz CT molecular complexity index is 782. The number of carbonyl (C=O) groups is 2. The van der Waals surface area contributed by atoms with Crippen LogP contribution in [0.3, 0.4) is 0 Å². The largest absolute Gasteiger partial charge is 0.461 e. The van der Waals surface area contributed by atoms with Crippen molar-refractivity contribution in [3.8, 4) is 0 Å². The minimum Gasteiger partial charge on any atom is -0.461 e. The standard InChI is InChI=1S/C15H14Cl2F3N3O4/c1-4-26-14(25)13(8(2)22-27-9(3)24)21-23(17)12-6-5-10(7-11(12)16)15(18,19)20/h5-7H,4H2,1-3H3. The molecule has 27 heavy (non-hydrogen) atoms. The van der Waals surface area contributed by atoms with Crippen molar-refractivity contribution in [2.45, 2.75) is 26.9 Å². The van der Waals surface area contributed by atoms with E-state index in [-0.39, 0.29) is 23.0 Å². The molecule has 0 bridgehead atoms. The van der Waals surface area contributed by atoms with E-state index in [0.29, 0.717) is 10.6 Å². The zero-order valence-corrected chi connectivity index (χ0v) is 15.8. The number of benzene rings is 1. The van der Waals surface area contributed by atoms with Gasteiger partial charge in [-0.25, -0.2) is 9.59 Å². The van der Waals surface area contributed by atoms with Gasteiger partial charge in [-0.05, 0) is 32.0 Å². The van der Waals surface area contributed by atoms with Crippen LogP contribution in [0.4, 0.5) is 18.9 Å². The van der Waals surface area contributed by atoms with Crippen LogP contribution in [-0.2, 0) is 25.3 Å². The molecule has 0 aliphatic carbocycles. The third kappa shape index (κ3) is 6.72. The topological polar surface area (TPSA) is 80.6 Å². The molecule has 0 saturated heterocycles. The zero-order valence-electron chi connectivity index (χ0n) is 14.3. The van der Waals surface area contributed by atoms with Crippen LogP contribution in [0.25, 0.3) is 0 Å². The molecule has 0 aliphatic heterocycles. The summed E-state index contributed by atoms with van der Waals surface area (Å²) >= 11 is 11.8. The average Bonchev–Trinajstić information content (AvgIpc) is 2.56. The maximum Gasteiger partial charge on any atom is 0.416 e. The molecule has 0 atom stereocenters. The van der Waals surface area contributed by atoms with E-state index in [0.717, 1.165) is 19.1 Å². The molecule has 0 aromatic heterocycles. The van der Waals surface area contributed by atoms with E-state index in [4.69, 9.17) is 28.1 Å². The van der Waals surface area contributed by atoms with Crippen molar-refractivity contribution in [1.82, 2.24) is 0 Å². The normalized spacial score (nSPS) is 12.6. The lowest BCUT2D eigenvalue weighted by Gasteiger charge is -2.15. The number of halogens is 5. The third-order valence-electron chi connectivity index (χ3n) is 2.78. The van der Waals surface area contributed by atoms with Gasteiger partial charge in [0.25, 0.3) is 0 Å². The first-order valence-corrected chi connectivity index (χ1v) is 7.99. The highest BCUT2D eigenvalue weighted by molar-refractivity contribution is 6.65. The Morgan fingerprint density at radius 2 is 1.89 bits per heavy atom. The number of esters is 1. The van der Waals surface area contributed by atoms with Crippen molar-refractivity contribution >= 4 is 52.4 Å². The molecule has 1 aromatic rings. The van der Waals surface area contributed by atoms with Crippen LogP contribution in [0.1, 0.15) is 26.3 Å². The van der Waals surface area contributed by atoms with Gasteiger partial charge in [-0.15, -0.1) is 5.10 Å². The lowest BCUT2D eigenvalue weighted by molar-refractivity contribution is -0.141. The van der Waals surface area contributed by atoms with Gasteiger partial charge >= 0.3 is 18.1 Å². The SMILES string of the molecule is CCOC(=O)C(=NN(Cl)c1ccc(C(F)(F)F)cc1Cl)C(C)=NOC(C)=O. The summed E-state index contributed by atoms with van der Waals surface area (Å²) in [5.41, 5.74) is -1.71. The molecule has 0 aliphatic rings. The minimum absolute atomic E-state index is 0.00200. The summed E-state index contributed by atoms with van der Waals surface area (Å²) in [5, 5.41) is 6.80. The Labute approximate surface area is 162 Å². The molecule has 0 saturated carbocycles. The van der Waals surface area contributed by atoms with E-state index in [1.807, 2.05) is 0 Å². The van der Waals surface area contributed by atoms with Gasteiger partial charge in [0.05, 0.1) is 22.9 Å². The number of nitrogens with zero attached hydrogens (tertiary/aromatic N) is 3. The summed E-state index contributed by atoms with van der Waals surface area (Å²) < 4.78 is 43.5. The fourth-order valence-electron chi connectivity index (χ4n) is 1.61.